The lowest BCUT2D eigenvalue weighted by atomic mass is 10.1. The molecule has 1 rings (SSSR count). The van der Waals surface area contributed by atoms with Gasteiger partial charge in [-0.15, -0.1) is 0 Å². The van der Waals surface area contributed by atoms with Crippen LogP contribution in [0.3, 0.4) is 0 Å². The molecule has 0 saturated carbocycles. The third-order valence-electron chi connectivity index (χ3n) is 1.93. The standard InChI is InChI=1S/C9H4Cl2F6/c10-7(11,9(15,16)17)5-1-3-6(4-2-5)8(12,13)14/h1-4H. The molecule has 17 heavy (non-hydrogen) atoms. The molecule has 0 radical (unpaired) electrons. The third kappa shape index (κ3) is 2.98. The minimum absolute atomic E-state index is 0.487. The lowest BCUT2D eigenvalue weighted by Gasteiger charge is -2.23. The molecular formula is C9H4Cl2F6. The van der Waals surface area contributed by atoms with Crippen molar-refractivity contribution in [2.45, 2.75) is 16.7 Å². The Morgan fingerprint density at radius 3 is 1.35 bits per heavy atom. The van der Waals surface area contributed by atoms with E-state index in [1.807, 2.05) is 0 Å². The SMILES string of the molecule is FC(F)(F)c1ccc(C(Cl)(Cl)C(F)(F)F)cc1. The topological polar surface area (TPSA) is 0 Å². The lowest BCUT2D eigenvalue weighted by molar-refractivity contribution is -0.143. The van der Waals surface area contributed by atoms with Crippen LogP contribution in [0.25, 0.3) is 0 Å². The second kappa shape index (κ2) is 4.24. The van der Waals surface area contributed by atoms with Gasteiger partial charge in [0.15, 0.2) is 0 Å². The van der Waals surface area contributed by atoms with Gasteiger partial charge in [0.05, 0.1) is 5.56 Å². The number of alkyl halides is 8. The van der Waals surface area contributed by atoms with Gasteiger partial charge in [-0.3, -0.25) is 0 Å². The lowest BCUT2D eigenvalue weighted by Crippen LogP contribution is -2.31. The van der Waals surface area contributed by atoms with E-state index in [9.17, 15) is 26.3 Å². The van der Waals surface area contributed by atoms with Crippen molar-refractivity contribution in [3.05, 3.63) is 35.4 Å². The quantitative estimate of drug-likeness (QED) is 0.511. The summed E-state index contributed by atoms with van der Waals surface area (Å²) < 4.78 is 70.4. The molecule has 0 fully saturated rings. The molecule has 0 N–H and O–H groups in total. The van der Waals surface area contributed by atoms with Gasteiger partial charge in [0.25, 0.3) is 0 Å². The van der Waals surface area contributed by atoms with Gasteiger partial charge in [0, 0.05) is 0 Å². The summed E-state index contributed by atoms with van der Waals surface area (Å²) in [6.45, 7) is 0. The highest BCUT2D eigenvalue weighted by Crippen LogP contribution is 2.48. The Kier molecular flexibility index (Phi) is 3.60. The highest BCUT2D eigenvalue weighted by Gasteiger charge is 2.54. The summed E-state index contributed by atoms with van der Waals surface area (Å²) in [7, 11) is 0. The van der Waals surface area contributed by atoms with Gasteiger partial charge in [-0.1, -0.05) is 35.3 Å². The summed E-state index contributed by atoms with van der Waals surface area (Å²) in [6, 6.07) is 2.16. The van der Waals surface area contributed by atoms with Crippen LogP contribution >= 0.6 is 23.2 Å². The van der Waals surface area contributed by atoms with E-state index in [2.05, 4.69) is 0 Å². The Morgan fingerprint density at radius 1 is 0.706 bits per heavy atom. The minimum atomic E-state index is -4.98. The molecule has 0 amide bonds. The van der Waals surface area contributed by atoms with E-state index in [4.69, 9.17) is 23.2 Å². The predicted molar refractivity (Wildman–Crippen MR) is 50.9 cm³/mol. The monoisotopic (exact) mass is 296 g/mol. The van der Waals surface area contributed by atoms with Crippen molar-refractivity contribution >= 4 is 23.2 Å². The summed E-state index contributed by atoms with van der Waals surface area (Å²) >= 11 is 10.1. The maximum Gasteiger partial charge on any atom is 0.425 e. The molecule has 8 heteroatoms. The molecule has 0 nitrogen and oxygen atoms in total. The fourth-order valence-electron chi connectivity index (χ4n) is 1.03. The van der Waals surface area contributed by atoms with Crippen molar-refractivity contribution in [2.75, 3.05) is 0 Å². The van der Waals surface area contributed by atoms with E-state index in [-0.39, 0.29) is 0 Å². The minimum Gasteiger partial charge on any atom is -0.167 e. The van der Waals surface area contributed by atoms with Crippen LogP contribution in [0.15, 0.2) is 24.3 Å². The molecule has 0 saturated heterocycles. The largest absolute Gasteiger partial charge is 0.425 e. The van der Waals surface area contributed by atoms with Crippen LogP contribution in [0, 0.1) is 0 Å². The van der Waals surface area contributed by atoms with E-state index >= 15 is 0 Å². The van der Waals surface area contributed by atoms with Gasteiger partial charge in [-0.2, -0.15) is 26.3 Å². The molecule has 0 aromatic heterocycles. The summed E-state index contributed by atoms with van der Waals surface area (Å²) in [4.78, 5) is 0. The normalized spacial score (nSPS) is 13.9. The summed E-state index contributed by atoms with van der Waals surface area (Å²) in [6.07, 6.45) is -9.60. The maximum absolute atomic E-state index is 12.4. The Balaban J connectivity index is 3.12. The van der Waals surface area contributed by atoms with Gasteiger partial charge in [0.2, 0.25) is 4.33 Å². The van der Waals surface area contributed by atoms with Gasteiger partial charge < -0.3 is 0 Å². The zero-order valence-corrected chi connectivity index (χ0v) is 9.34. The number of hydrogen-bond acceptors (Lipinski definition) is 0. The van der Waals surface area contributed by atoms with Crippen molar-refractivity contribution in [2.24, 2.45) is 0 Å². The molecule has 0 heterocycles. The van der Waals surface area contributed by atoms with E-state index in [1.165, 1.54) is 0 Å². The first kappa shape index (κ1) is 14.4. The molecule has 0 aliphatic heterocycles. The number of benzene rings is 1. The van der Waals surface area contributed by atoms with Crippen molar-refractivity contribution < 1.29 is 26.3 Å². The van der Waals surface area contributed by atoms with Crippen LogP contribution < -0.4 is 0 Å². The van der Waals surface area contributed by atoms with Crippen LogP contribution in [-0.2, 0) is 10.5 Å². The van der Waals surface area contributed by atoms with Crippen LogP contribution in [0.5, 0.6) is 0 Å². The number of rotatable bonds is 1. The maximum atomic E-state index is 12.4. The van der Waals surface area contributed by atoms with Crippen LogP contribution in [0.4, 0.5) is 26.3 Å². The summed E-state index contributed by atoms with van der Waals surface area (Å²) in [5.41, 5.74) is -1.74. The molecule has 0 bridgehead atoms. The second-order valence-corrected chi connectivity index (χ2v) is 4.47. The molecule has 0 spiro atoms. The van der Waals surface area contributed by atoms with Crippen LogP contribution in [0.2, 0.25) is 0 Å². The average Bonchev–Trinajstić information content (AvgIpc) is 2.15. The van der Waals surface area contributed by atoms with E-state index in [0.717, 1.165) is 0 Å². The third-order valence-corrected chi connectivity index (χ3v) is 2.80. The highest BCUT2D eigenvalue weighted by molar-refractivity contribution is 6.48. The first-order valence-corrected chi connectivity index (χ1v) is 4.84. The number of hydrogen-bond donors (Lipinski definition) is 0. The van der Waals surface area contributed by atoms with E-state index in [0.29, 0.717) is 24.3 Å². The Hall–Kier alpha value is -0.620. The van der Waals surface area contributed by atoms with Crippen LogP contribution in [0.1, 0.15) is 11.1 Å². The zero-order valence-electron chi connectivity index (χ0n) is 7.83. The molecule has 0 aliphatic carbocycles. The Bertz CT molecular complexity index is 389. The van der Waals surface area contributed by atoms with E-state index < -0.39 is 27.8 Å². The summed E-state index contributed by atoms with van der Waals surface area (Å²) in [5, 5.41) is 0. The van der Waals surface area contributed by atoms with Gasteiger partial charge in [-0.05, 0) is 17.7 Å². The van der Waals surface area contributed by atoms with Gasteiger partial charge >= 0.3 is 12.4 Å². The molecule has 0 unspecified atom stereocenters. The molecule has 0 atom stereocenters. The first-order valence-electron chi connectivity index (χ1n) is 4.08. The fourth-order valence-corrected chi connectivity index (χ4v) is 1.28. The molecule has 1 aromatic rings. The van der Waals surface area contributed by atoms with E-state index in [1.54, 1.807) is 0 Å². The Morgan fingerprint density at radius 2 is 1.06 bits per heavy atom. The second-order valence-electron chi connectivity index (χ2n) is 3.15. The van der Waals surface area contributed by atoms with Gasteiger partial charge in [-0.25, -0.2) is 0 Å². The molecule has 0 aliphatic rings. The zero-order chi connectivity index (χ0) is 13.5. The van der Waals surface area contributed by atoms with Crippen molar-refractivity contribution in [1.29, 1.82) is 0 Å². The summed E-state index contributed by atoms with van der Waals surface area (Å²) in [5.74, 6) is 0. The predicted octanol–water partition coefficient (Wildman–Crippen LogP) is 4.90. The number of halogens is 8. The first-order chi connectivity index (χ1) is 7.46. The van der Waals surface area contributed by atoms with Crippen LogP contribution in [-0.4, -0.2) is 6.18 Å². The van der Waals surface area contributed by atoms with Crippen molar-refractivity contribution in [3.63, 3.8) is 0 Å². The highest BCUT2D eigenvalue weighted by atomic mass is 35.5. The molecule has 1 aromatic carbocycles. The molecular weight excluding hydrogens is 293 g/mol. The fraction of sp³-hybridized carbons (Fsp3) is 0.333. The van der Waals surface area contributed by atoms with Crippen molar-refractivity contribution in [3.8, 4) is 0 Å². The molecule has 96 valence electrons. The Labute approximate surface area is 102 Å². The average molecular weight is 297 g/mol. The van der Waals surface area contributed by atoms with Crippen molar-refractivity contribution in [1.82, 2.24) is 0 Å². The smallest absolute Gasteiger partial charge is 0.167 e. The van der Waals surface area contributed by atoms with Gasteiger partial charge in [0.1, 0.15) is 0 Å².